The minimum atomic E-state index is 0.492. The lowest BCUT2D eigenvalue weighted by Gasteiger charge is -2.24. The second-order valence-electron chi connectivity index (χ2n) is 5.69. The summed E-state index contributed by atoms with van der Waals surface area (Å²) in [6.45, 7) is 5.14. The molecule has 114 valence electrons. The van der Waals surface area contributed by atoms with E-state index >= 15 is 0 Å². The molecule has 3 N–H and O–H groups in total. The SMILES string of the molecule is Cc1csc(-c2c(N)nsc2NCC(C)N(C)C2CC2)n1. The zero-order chi connectivity index (χ0) is 15.0. The third-order valence-corrected chi connectivity index (χ3v) is 5.72. The van der Waals surface area contributed by atoms with Crippen LogP contribution in [0, 0.1) is 6.92 Å². The van der Waals surface area contributed by atoms with Crippen LogP contribution in [0.2, 0.25) is 0 Å². The lowest BCUT2D eigenvalue weighted by Crippen LogP contribution is -2.36. The molecule has 0 radical (unpaired) electrons. The largest absolute Gasteiger partial charge is 0.382 e. The van der Waals surface area contributed by atoms with Gasteiger partial charge in [0, 0.05) is 29.7 Å². The Morgan fingerprint density at radius 3 is 2.90 bits per heavy atom. The van der Waals surface area contributed by atoms with E-state index in [0.717, 1.165) is 33.9 Å². The quantitative estimate of drug-likeness (QED) is 0.855. The van der Waals surface area contributed by atoms with E-state index in [2.05, 4.69) is 33.5 Å². The van der Waals surface area contributed by atoms with Crippen LogP contribution in [-0.4, -0.2) is 39.9 Å². The lowest BCUT2D eigenvalue weighted by molar-refractivity contribution is 0.257. The summed E-state index contributed by atoms with van der Waals surface area (Å²) < 4.78 is 4.28. The van der Waals surface area contributed by atoms with Gasteiger partial charge in [0.2, 0.25) is 0 Å². The summed E-state index contributed by atoms with van der Waals surface area (Å²) in [6.07, 6.45) is 2.66. The van der Waals surface area contributed by atoms with Crippen molar-refractivity contribution in [2.24, 2.45) is 0 Å². The van der Waals surface area contributed by atoms with E-state index < -0.39 is 0 Å². The number of hydrogen-bond donors (Lipinski definition) is 2. The van der Waals surface area contributed by atoms with E-state index in [9.17, 15) is 0 Å². The Balaban J connectivity index is 1.71. The lowest BCUT2D eigenvalue weighted by atomic mass is 10.2. The molecule has 0 spiro atoms. The number of hydrogen-bond acceptors (Lipinski definition) is 7. The summed E-state index contributed by atoms with van der Waals surface area (Å²) in [6, 6.07) is 1.26. The number of aromatic nitrogens is 2. The zero-order valence-electron chi connectivity index (χ0n) is 12.6. The summed E-state index contributed by atoms with van der Waals surface area (Å²) in [5, 5.41) is 7.52. The number of rotatable bonds is 6. The Bertz CT molecular complexity index is 617. The third-order valence-electron chi connectivity index (χ3n) is 3.93. The number of nitrogen functional groups attached to an aromatic ring is 1. The molecule has 0 saturated heterocycles. The number of likely N-dealkylation sites (N-methyl/N-ethyl adjacent to an activating group) is 1. The van der Waals surface area contributed by atoms with Crippen molar-refractivity contribution in [2.45, 2.75) is 38.8 Å². The Hall–Kier alpha value is -1.18. The van der Waals surface area contributed by atoms with Crippen molar-refractivity contribution in [3.63, 3.8) is 0 Å². The summed E-state index contributed by atoms with van der Waals surface area (Å²) in [5.41, 5.74) is 8.00. The van der Waals surface area contributed by atoms with Crippen LogP contribution in [0.25, 0.3) is 10.6 Å². The topological polar surface area (TPSA) is 67.1 Å². The maximum atomic E-state index is 6.02. The number of anilines is 2. The van der Waals surface area contributed by atoms with Crippen LogP contribution in [0.15, 0.2) is 5.38 Å². The molecule has 0 bridgehead atoms. The maximum Gasteiger partial charge on any atom is 0.149 e. The summed E-state index contributed by atoms with van der Waals surface area (Å²) in [4.78, 5) is 6.98. The van der Waals surface area contributed by atoms with Gasteiger partial charge in [-0.3, -0.25) is 4.90 Å². The first-order valence-corrected chi connectivity index (χ1v) is 8.85. The Labute approximate surface area is 133 Å². The first-order chi connectivity index (χ1) is 10.1. The van der Waals surface area contributed by atoms with E-state index in [4.69, 9.17) is 5.73 Å². The van der Waals surface area contributed by atoms with Gasteiger partial charge in [0.1, 0.15) is 15.8 Å². The summed E-state index contributed by atoms with van der Waals surface area (Å²) in [5.74, 6) is 0.569. The van der Waals surface area contributed by atoms with Gasteiger partial charge >= 0.3 is 0 Å². The maximum absolute atomic E-state index is 6.02. The van der Waals surface area contributed by atoms with Crippen molar-refractivity contribution in [3.8, 4) is 10.6 Å². The molecular weight excluding hydrogens is 302 g/mol. The van der Waals surface area contributed by atoms with Gasteiger partial charge in [-0.1, -0.05) is 0 Å². The van der Waals surface area contributed by atoms with E-state index in [0.29, 0.717) is 11.9 Å². The second kappa shape index (κ2) is 5.90. The molecule has 0 amide bonds. The van der Waals surface area contributed by atoms with Crippen molar-refractivity contribution in [1.82, 2.24) is 14.3 Å². The first-order valence-electron chi connectivity index (χ1n) is 7.19. The number of nitrogens with two attached hydrogens (primary N) is 1. The Kier molecular flexibility index (Phi) is 4.14. The molecule has 1 unspecified atom stereocenters. The van der Waals surface area contributed by atoms with Crippen LogP contribution in [0.4, 0.5) is 10.8 Å². The minimum Gasteiger partial charge on any atom is -0.382 e. The van der Waals surface area contributed by atoms with Gasteiger partial charge in [0.05, 0.1) is 5.56 Å². The molecule has 0 aromatic carbocycles. The van der Waals surface area contributed by atoms with E-state index in [1.54, 1.807) is 11.3 Å². The number of aryl methyl sites for hydroxylation is 1. The number of thiazole rings is 1. The fourth-order valence-electron chi connectivity index (χ4n) is 2.32. The van der Waals surface area contributed by atoms with Gasteiger partial charge in [-0.15, -0.1) is 11.3 Å². The fourth-order valence-corrected chi connectivity index (χ4v) is 3.97. The highest BCUT2D eigenvalue weighted by Gasteiger charge is 2.29. The number of nitrogens with zero attached hydrogens (tertiary/aromatic N) is 3. The summed E-state index contributed by atoms with van der Waals surface area (Å²) in [7, 11) is 2.20. The van der Waals surface area contributed by atoms with Crippen LogP contribution in [0.3, 0.4) is 0 Å². The van der Waals surface area contributed by atoms with Gasteiger partial charge in [0.25, 0.3) is 0 Å². The normalized spacial score (nSPS) is 16.4. The van der Waals surface area contributed by atoms with E-state index in [1.807, 2.05) is 12.3 Å². The molecule has 2 aromatic heterocycles. The number of nitrogens with one attached hydrogen (secondary N) is 1. The van der Waals surface area contributed by atoms with Crippen LogP contribution < -0.4 is 11.1 Å². The first kappa shape index (κ1) is 14.7. The highest BCUT2D eigenvalue weighted by molar-refractivity contribution is 7.15. The smallest absolute Gasteiger partial charge is 0.149 e. The molecule has 3 rings (SSSR count). The van der Waals surface area contributed by atoms with Crippen LogP contribution in [0.1, 0.15) is 25.5 Å². The van der Waals surface area contributed by atoms with E-state index in [1.165, 1.54) is 24.4 Å². The Morgan fingerprint density at radius 1 is 1.52 bits per heavy atom. The molecule has 1 saturated carbocycles. The Morgan fingerprint density at radius 2 is 2.29 bits per heavy atom. The molecule has 1 aliphatic rings. The molecule has 1 atom stereocenters. The molecule has 21 heavy (non-hydrogen) atoms. The predicted molar refractivity (Wildman–Crippen MR) is 91.1 cm³/mol. The highest BCUT2D eigenvalue weighted by atomic mass is 32.1. The van der Waals surface area contributed by atoms with Crippen LogP contribution >= 0.6 is 22.9 Å². The predicted octanol–water partition coefficient (Wildman–Crippen LogP) is 3.05. The van der Waals surface area contributed by atoms with Crippen molar-refractivity contribution in [1.29, 1.82) is 0 Å². The average molecular weight is 323 g/mol. The monoisotopic (exact) mass is 323 g/mol. The van der Waals surface area contributed by atoms with Crippen LogP contribution in [0.5, 0.6) is 0 Å². The average Bonchev–Trinajstić information content (AvgIpc) is 3.13. The van der Waals surface area contributed by atoms with Gasteiger partial charge in [-0.05, 0) is 45.3 Å². The minimum absolute atomic E-state index is 0.492. The molecule has 2 aromatic rings. The van der Waals surface area contributed by atoms with E-state index in [-0.39, 0.29) is 0 Å². The van der Waals surface area contributed by atoms with Crippen molar-refractivity contribution in [2.75, 3.05) is 24.6 Å². The molecule has 2 heterocycles. The summed E-state index contributed by atoms with van der Waals surface area (Å²) >= 11 is 3.04. The second-order valence-corrected chi connectivity index (χ2v) is 7.32. The molecule has 7 heteroatoms. The highest BCUT2D eigenvalue weighted by Crippen LogP contribution is 2.38. The molecule has 5 nitrogen and oxygen atoms in total. The van der Waals surface area contributed by atoms with Crippen molar-refractivity contribution in [3.05, 3.63) is 11.1 Å². The third kappa shape index (κ3) is 3.20. The fraction of sp³-hybridized carbons (Fsp3) is 0.571. The molecule has 1 fully saturated rings. The van der Waals surface area contributed by atoms with Crippen LogP contribution in [-0.2, 0) is 0 Å². The standard InChI is InChI=1S/C14H21N5S2/c1-8-7-20-14(17-8)11-12(15)18-21-13(11)16-6-9(2)19(3)10-4-5-10/h7,9-10,16H,4-6H2,1-3H3,(H2,15,18). The molecule has 1 aliphatic carbocycles. The van der Waals surface area contributed by atoms with Crippen molar-refractivity contribution >= 4 is 33.7 Å². The molecular formula is C14H21N5S2. The van der Waals surface area contributed by atoms with Crippen molar-refractivity contribution < 1.29 is 0 Å². The van der Waals surface area contributed by atoms with Gasteiger partial charge in [-0.25, -0.2) is 4.98 Å². The molecule has 0 aliphatic heterocycles. The van der Waals surface area contributed by atoms with Gasteiger partial charge in [0.15, 0.2) is 0 Å². The van der Waals surface area contributed by atoms with Gasteiger partial charge < -0.3 is 11.1 Å². The zero-order valence-corrected chi connectivity index (χ0v) is 14.2. The van der Waals surface area contributed by atoms with Gasteiger partial charge in [-0.2, -0.15) is 4.37 Å².